The van der Waals surface area contributed by atoms with Crippen LogP contribution in [-0.2, 0) is 16.1 Å². The molecule has 0 aromatic heterocycles. The molecule has 1 aromatic carbocycles. The number of benzene rings is 1. The summed E-state index contributed by atoms with van der Waals surface area (Å²) in [4.78, 5) is 0. The molecule has 104 valence electrons. The minimum Gasteiger partial charge on any atom is -0.496 e. The van der Waals surface area contributed by atoms with Crippen molar-refractivity contribution in [2.24, 2.45) is 10.9 Å². The molecule has 6 heteroatoms. The van der Waals surface area contributed by atoms with E-state index in [1.54, 1.807) is 25.3 Å². The summed E-state index contributed by atoms with van der Waals surface area (Å²) < 4.78 is 16.3. The van der Waals surface area contributed by atoms with Crippen LogP contribution in [0.5, 0.6) is 5.75 Å². The van der Waals surface area contributed by atoms with Gasteiger partial charge in [0.1, 0.15) is 5.75 Å². The highest BCUT2D eigenvalue weighted by atomic mass is 16.5. The molecule has 0 saturated carbocycles. The lowest BCUT2D eigenvalue weighted by Gasteiger charge is -2.13. The molecule has 1 aliphatic heterocycles. The van der Waals surface area contributed by atoms with Gasteiger partial charge in [0.2, 0.25) is 0 Å². The van der Waals surface area contributed by atoms with Crippen molar-refractivity contribution < 1.29 is 19.4 Å². The van der Waals surface area contributed by atoms with Crippen molar-refractivity contribution >= 4 is 5.84 Å². The molecule has 1 aliphatic rings. The van der Waals surface area contributed by atoms with Crippen molar-refractivity contribution in [3.8, 4) is 5.75 Å². The van der Waals surface area contributed by atoms with Crippen LogP contribution < -0.4 is 10.5 Å². The number of hydrogen-bond donors (Lipinski definition) is 2. The van der Waals surface area contributed by atoms with Gasteiger partial charge in [-0.3, -0.25) is 0 Å². The first-order valence-corrected chi connectivity index (χ1v) is 6.08. The zero-order valence-electron chi connectivity index (χ0n) is 10.8. The van der Waals surface area contributed by atoms with Crippen LogP contribution in [0.2, 0.25) is 0 Å². The number of methoxy groups -OCH3 is 1. The summed E-state index contributed by atoms with van der Waals surface area (Å²) in [7, 11) is 1.60. The molecule has 1 saturated heterocycles. The van der Waals surface area contributed by atoms with E-state index in [1.165, 1.54) is 0 Å². The average molecular weight is 266 g/mol. The molecule has 1 fully saturated rings. The van der Waals surface area contributed by atoms with Gasteiger partial charge in [-0.1, -0.05) is 5.16 Å². The Kier molecular flexibility index (Phi) is 4.59. The summed E-state index contributed by atoms with van der Waals surface area (Å²) in [6, 6.07) is 5.30. The van der Waals surface area contributed by atoms with Crippen LogP contribution in [0.3, 0.4) is 0 Å². The van der Waals surface area contributed by atoms with Crippen LogP contribution in [0.4, 0.5) is 0 Å². The molecule has 1 unspecified atom stereocenters. The summed E-state index contributed by atoms with van der Waals surface area (Å²) in [5.74, 6) is 0.779. The van der Waals surface area contributed by atoms with Crippen LogP contribution in [0, 0.1) is 0 Å². The maximum absolute atomic E-state index is 8.69. The fourth-order valence-corrected chi connectivity index (χ4v) is 1.96. The van der Waals surface area contributed by atoms with Crippen molar-refractivity contribution in [1.82, 2.24) is 0 Å². The monoisotopic (exact) mass is 266 g/mol. The maximum Gasteiger partial charge on any atom is 0.170 e. The van der Waals surface area contributed by atoms with Gasteiger partial charge in [0, 0.05) is 17.7 Å². The predicted octanol–water partition coefficient (Wildman–Crippen LogP) is 1.10. The van der Waals surface area contributed by atoms with Crippen molar-refractivity contribution in [2.75, 3.05) is 20.3 Å². The zero-order chi connectivity index (χ0) is 13.7. The van der Waals surface area contributed by atoms with Crippen LogP contribution in [-0.4, -0.2) is 37.5 Å². The first-order valence-electron chi connectivity index (χ1n) is 6.08. The molecular formula is C13H18N2O4. The lowest BCUT2D eigenvalue weighted by molar-refractivity contribution is 0.0309. The number of hydrogen-bond acceptors (Lipinski definition) is 5. The first-order chi connectivity index (χ1) is 9.24. The number of oxime groups is 1. The van der Waals surface area contributed by atoms with Gasteiger partial charge in [0.15, 0.2) is 5.84 Å². The summed E-state index contributed by atoms with van der Waals surface area (Å²) >= 11 is 0. The lowest BCUT2D eigenvalue weighted by Crippen LogP contribution is -2.15. The third-order valence-electron chi connectivity index (χ3n) is 3.05. The lowest BCUT2D eigenvalue weighted by atomic mass is 10.1. The predicted molar refractivity (Wildman–Crippen MR) is 69.5 cm³/mol. The highest BCUT2D eigenvalue weighted by molar-refractivity contribution is 5.97. The first kappa shape index (κ1) is 13.6. The second-order valence-electron chi connectivity index (χ2n) is 4.31. The smallest absolute Gasteiger partial charge is 0.170 e. The van der Waals surface area contributed by atoms with E-state index in [4.69, 9.17) is 25.2 Å². The third kappa shape index (κ3) is 3.36. The number of amidine groups is 1. The van der Waals surface area contributed by atoms with Gasteiger partial charge in [0.25, 0.3) is 0 Å². The van der Waals surface area contributed by atoms with E-state index in [-0.39, 0.29) is 11.9 Å². The minimum absolute atomic E-state index is 0.0631. The Balaban J connectivity index is 2.11. The van der Waals surface area contributed by atoms with Gasteiger partial charge in [0.05, 0.1) is 26.4 Å². The van der Waals surface area contributed by atoms with Crippen LogP contribution in [0.1, 0.15) is 17.5 Å². The number of nitrogens with zero attached hydrogens (tertiary/aromatic N) is 1. The van der Waals surface area contributed by atoms with E-state index in [1.807, 2.05) is 0 Å². The standard InChI is InChI=1S/C13H18N2O4/c1-17-12-3-2-9(13(14)15-16)6-10(12)7-19-11-4-5-18-8-11/h2-3,6,11,16H,4-5,7-8H2,1H3,(H2,14,15). The van der Waals surface area contributed by atoms with Crippen molar-refractivity contribution in [1.29, 1.82) is 0 Å². The number of ether oxygens (including phenoxy) is 3. The average Bonchev–Trinajstić information content (AvgIpc) is 2.97. The van der Waals surface area contributed by atoms with E-state index < -0.39 is 0 Å². The molecule has 6 nitrogen and oxygen atoms in total. The third-order valence-corrected chi connectivity index (χ3v) is 3.05. The van der Waals surface area contributed by atoms with Crippen molar-refractivity contribution in [3.63, 3.8) is 0 Å². The summed E-state index contributed by atoms with van der Waals surface area (Å²) in [5, 5.41) is 11.7. The number of nitrogens with two attached hydrogens (primary N) is 1. The summed E-state index contributed by atoms with van der Waals surface area (Å²) in [5.41, 5.74) is 7.06. The Morgan fingerprint density at radius 1 is 1.58 bits per heavy atom. The largest absolute Gasteiger partial charge is 0.496 e. The second-order valence-corrected chi connectivity index (χ2v) is 4.31. The van der Waals surface area contributed by atoms with Crippen LogP contribution in [0.15, 0.2) is 23.4 Å². The van der Waals surface area contributed by atoms with E-state index in [2.05, 4.69) is 5.16 Å². The molecular weight excluding hydrogens is 248 g/mol. The molecule has 0 bridgehead atoms. The van der Waals surface area contributed by atoms with Gasteiger partial charge in [-0.2, -0.15) is 0 Å². The van der Waals surface area contributed by atoms with E-state index in [0.29, 0.717) is 24.5 Å². The van der Waals surface area contributed by atoms with Gasteiger partial charge in [-0.05, 0) is 24.6 Å². The summed E-state index contributed by atoms with van der Waals surface area (Å²) in [6.45, 7) is 1.78. The fourth-order valence-electron chi connectivity index (χ4n) is 1.96. The highest BCUT2D eigenvalue weighted by Gasteiger charge is 2.17. The molecule has 1 aromatic rings. The van der Waals surface area contributed by atoms with E-state index in [9.17, 15) is 0 Å². The maximum atomic E-state index is 8.69. The molecule has 0 spiro atoms. The molecule has 19 heavy (non-hydrogen) atoms. The van der Waals surface area contributed by atoms with Gasteiger partial charge < -0.3 is 25.2 Å². The van der Waals surface area contributed by atoms with Gasteiger partial charge in [-0.15, -0.1) is 0 Å². The normalized spacial score (nSPS) is 19.6. The molecule has 0 amide bonds. The fraction of sp³-hybridized carbons (Fsp3) is 0.462. The number of rotatable bonds is 5. The highest BCUT2D eigenvalue weighted by Crippen LogP contribution is 2.22. The topological polar surface area (TPSA) is 86.3 Å². The molecule has 3 N–H and O–H groups in total. The zero-order valence-corrected chi connectivity index (χ0v) is 10.8. The van der Waals surface area contributed by atoms with E-state index >= 15 is 0 Å². The molecule has 0 radical (unpaired) electrons. The van der Waals surface area contributed by atoms with Crippen LogP contribution >= 0.6 is 0 Å². The Labute approximate surface area is 111 Å². The van der Waals surface area contributed by atoms with Gasteiger partial charge in [-0.25, -0.2) is 0 Å². The Hall–Kier alpha value is -1.79. The molecule has 1 heterocycles. The molecule has 1 atom stereocenters. The van der Waals surface area contributed by atoms with Gasteiger partial charge >= 0.3 is 0 Å². The summed E-state index contributed by atoms with van der Waals surface area (Å²) in [6.07, 6.45) is 1.03. The van der Waals surface area contributed by atoms with Crippen LogP contribution in [0.25, 0.3) is 0 Å². The minimum atomic E-state index is 0.0631. The van der Waals surface area contributed by atoms with E-state index in [0.717, 1.165) is 18.6 Å². The molecule has 2 rings (SSSR count). The second kappa shape index (κ2) is 6.40. The van der Waals surface area contributed by atoms with Crippen molar-refractivity contribution in [3.05, 3.63) is 29.3 Å². The Morgan fingerprint density at radius 3 is 3.05 bits per heavy atom. The Morgan fingerprint density at radius 2 is 2.42 bits per heavy atom. The van der Waals surface area contributed by atoms with Crippen molar-refractivity contribution in [2.45, 2.75) is 19.1 Å². The quantitative estimate of drug-likeness (QED) is 0.360. The SMILES string of the molecule is COc1ccc(/C(N)=N/O)cc1COC1CCOC1. The molecule has 0 aliphatic carbocycles. The Bertz CT molecular complexity index is 456.